The fourth-order valence-corrected chi connectivity index (χ4v) is 4.81. The van der Waals surface area contributed by atoms with Gasteiger partial charge in [-0.2, -0.15) is 5.10 Å². The van der Waals surface area contributed by atoms with Crippen LogP contribution in [0, 0.1) is 11.8 Å². The average molecular weight is 317 g/mol. The average Bonchev–Trinajstić information content (AvgIpc) is 2.71. The molecule has 2 nitrogen and oxygen atoms in total. The van der Waals surface area contributed by atoms with E-state index in [0.717, 1.165) is 36.0 Å². The second kappa shape index (κ2) is 6.27. The van der Waals surface area contributed by atoms with E-state index in [0.29, 0.717) is 5.92 Å². The van der Waals surface area contributed by atoms with Gasteiger partial charge < -0.3 is 0 Å². The molecular formula is C16H26Cl2N2. The van der Waals surface area contributed by atoms with E-state index in [1.165, 1.54) is 12.8 Å². The number of halogens is 2. The van der Waals surface area contributed by atoms with Crippen LogP contribution in [-0.2, 0) is 12.0 Å². The summed E-state index contributed by atoms with van der Waals surface area (Å²) in [6.45, 7) is 9.93. The molecule has 3 unspecified atom stereocenters. The molecule has 114 valence electrons. The van der Waals surface area contributed by atoms with Crippen molar-refractivity contribution in [3.05, 3.63) is 16.9 Å². The van der Waals surface area contributed by atoms with Crippen molar-refractivity contribution in [1.82, 2.24) is 9.78 Å². The van der Waals surface area contributed by atoms with Crippen LogP contribution in [0.25, 0.3) is 0 Å². The summed E-state index contributed by atoms with van der Waals surface area (Å²) in [6, 6.07) is 0. The molecule has 20 heavy (non-hydrogen) atoms. The molecule has 0 spiro atoms. The van der Waals surface area contributed by atoms with Crippen molar-refractivity contribution >= 4 is 23.2 Å². The summed E-state index contributed by atoms with van der Waals surface area (Å²) in [5.74, 6) is 1.20. The zero-order valence-electron chi connectivity index (χ0n) is 13.0. The summed E-state index contributed by atoms with van der Waals surface area (Å²) < 4.78 is 2.07. The number of rotatable bonds is 4. The minimum absolute atomic E-state index is 0.0324. The van der Waals surface area contributed by atoms with Crippen LogP contribution in [0.5, 0.6) is 0 Å². The molecule has 0 aromatic carbocycles. The van der Waals surface area contributed by atoms with E-state index in [1.807, 2.05) is 0 Å². The van der Waals surface area contributed by atoms with Gasteiger partial charge in [-0.15, -0.1) is 11.6 Å². The second-order valence-electron chi connectivity index (χ2n) is 6.83. The fraction of sp³-hybridized carbons (Fsp3) is 0.812. The van der Waals surface area contributed by atoms with Crippen LogP contribution in [-0.4, -0.2) is 15.2 Å². The number of hydrogen-bond acceptors (Lipinski definition) is 1. The molecule has 0 saturated heterocycles. The molecule has 1 aromatic rings. The van der Waals surface area contributed by atoms with E-state index in [1.54, 1.807) is 6.20 Å². The lowest BCUT2D eigenvalue weighted by Gasteiger charge is -2.42. The van der Waals surface area contributed by atoms with E-state index in [9.17, 15) is 0 Å². The Labute approximate surface area is 132 Å². The third kappa shape index (κ3) is 3.01. The van der Waals surface area contributed by atoms with E-state index in [2.05, 4.69) is 37.5 Å². The number of nitrogens with zero attached hydrogens (tertiary/aromatic N) is 2. The lowest BCUT2D eigenvalue weighted by atomic mass is 9.67. The van der Waals surface area contributed by atoms with Crippen LogP contribution in [0.1, 0.15) is 59.1 Å². The van der Waals surface area contributed by atoms with Crippen LogP contribution < -0.4 is 0 Å². The van der Waals surface area contributed by atoms with Crippen LogP contribution in [0.15, 0.2) is 6.20 Å². The predicted molar refractivity (Wildman–Crippen MR) is 86.7 cm³/mol. The summed E-state index contributed by atoms with van der Waals surface area (Å²) in [6.07, 6.45) is 6.39. The highest BCUT2D eigenvalue weighted by Gasteiger charge is 2.42. The molecule has 0 radical (unpaired) electrons. The van der Waals surface area contributed by atoms with Crippen LogP contribution >= 0.6 is 23.2 Å². The van der Waals surface area contributed by atoms with E-state index >= 15 is 0 Å². The molecule has 2 rings (SSSR count). The van der Waals surface area contributed by atoms with Crippen LogP contribution in [0.2, 0.25) is 5.02 Å². The van der Waals surface area contributed by atoms with Gasteiger partial charge in [-0.05, 0) is 31.1 Å². The Morgan fingerprint density at radius 2 is 2.10 bits per heavy atom. The molecule has 1 aliphatic carbocycles. The number of aromatic nitrogens is 2. The Hall–Kier alpha value is -0.210. The second-order valence-corrected chi connectivity index (χ2v) is 7.79. The van der Waals surface area contributed by atoms with Gasteiger partial charge in [0.2, 0.25) is 0 Å². The maximum atomic E-state index is 6.69. The van der Waals surface area contributed by atoms with Gasteiger partial charge >= 0.3 is 0 Å². The van der Waals surface area contributed by atoms with Crippen molar-refractivity contribution in [2.75, 3.05) is 0 Å². The SMILES string of the molecule is CCCn1ncc(Cl)c1C(C)(C)C1CCC(C)CC1Cl. The number of alkyl halides is 1. The van der Waals surface area contributed by atoms with Gasteiger partial charge in [-0.1, -0.05) is 45.7 Å². The third-order valence-corrected chi connectivity index (χ3v) is 5.56. The zero-order valence-corrected chi connectivity index (χ0v) is 14.5. The summed E-state index contributed by atoms with van der Waals surface area (Å²) in [5.41, 5.74) is 1.13. The highest BCUT2D eigenvalue weighted by Crippen LogP contribution is 2.46. The molecule has 0 amide bonds. The Kier molecular flexibility index (Phi) is 5.07. The molecule has 1 aromatic heterocycles. The van der Waals surface area contributed by atoms with Crippen molar-refractivity contribution in [3.8, 4) is 0 Å². The standard InChI is InChI=1S/C16H26Cl2N2/c1-5-8-20-15(14(18)10-19-20)16(3,4)12-7-6-11(2)9-13(12)17/h10-13H,5-9H2,1-4H3. The van der Waals surface area contributed by atoms with Crippen LogP contribution in [0.3, 0.4) is 0 Å². The maximum Gasteiger partial charge on any atom is 0.0823 e. The first kappa shape index (κ1) is 16.2. The van der Waals surface area contributed by atoms with Crippen molar-refractivity contribution in [1.29, 1.82) is 0 Å². The lowest BCUT2D eigenvalue weighted by Crippen LogP contribution is -2.40. The topological polar surface area (TPSA) is 17.8 Å². The number of aryl methyl sites for hydroxylation is 1. The van der Waals surface area contributed by atoms with Crippen molar-refractivity contribution in [2.45, 2.75) is 70.7 Å². The van der Waals surface area contributed by atoms with Gasteiger partial charge in [-0.3, -0.25) is 4.68 Å². The minimum atomic E-state index is -0.0324. The first-order chi connectivity index (χ1) is 9.37. The van der Waals surface area contributed by atoms with E-state index in [-0.39, 0.29) is 10.8 Å². The quantitative estimate of drug-likeness (QED) is 0.692. The Balaban J connectivity index is 2.32. The lowest BCUT2D eigenvalue weighted by molar-refractivity contribution is 0.198. The van der Waals surface area contributed by atoms with Gasteiger partial charge in [0.15, 0.2) is 0 Å². The highest BCUT2D eigenvalue weighted by molar-refractivity contribution is 6.31. The fourth-order valence-electron chi connectivity index (χ4n) is 3.68. The smallest absolute Gasteiger partial charge is 0.0823 e. The molecule has 0 bridgehead atoms. The van der Waals surface area contributed by atoms with Crippen molar-refractivity contribution in [3.63, 3.8) is 0 Å². The maximum absolute atomic E-state index is 6.69. The van der Waals surface area contributed by atoms with Gasteiger partial charge in [-0.25, -0.2) is 0 Å². The normalized spacial score (nSPS) is 27.8. The molecule has 1 heterocycles. The monoisotopic (exact) mass is 316 g/mol. The summed E-state index contributed by atoms with van der Waals surface area (Å²) in [4.78, 5) is 0. The first-order valence-electron chi connectivity index (χ1n) is 7.73. The molecule has 3 atom stereocenters. The Bertz CT molecular complexity index is 453. The van der Waals surface area contributed by atoms with Gasteiger partial charge in [0.1, 0.15) is 0 Å². The van der Waals surface area contributed by atoms with Crippen molar-refractivity contribution < 1.29 is 0 Å². The van der Waals surface area contributed by atoms with E-state index in [4.69, 9.17) is 23.2 Å². The van der Waals surface area contributed by atoms with Gasteiger partial charge in [0, 0.05) is 17.3 Å². The van der Waals surface area contributed by atoms with Crippen molar-refractivity contribution in [2.24, 2.45) is 11.8 Å². The molecule has 1 aliphatic rings. The molecule has 1 fully saturated rings. The summed E-state index contributed by atoms with van der Waals surface area (Å²) >= 11 is 13.1. The summed E-state index contributed by atoms with van der Waals surface area (Å²) in [5, 5.41) is 5.46. The first-order valence-corrected chi connectivity index (χ1v) is 8.55. The highest BCUT2D eigenvalue weighted by atomic mass is 35.5. The molecule has 1 saturated carbocycles. The minimum Gasteiger partial charge on any atom is -0.267 e. The molecule has 0 aliphatic heterocycles. The largest absolute Gasteiger partial charge is 0.267 e. The van der Waals surface area contributed by atoms with Gasteiger partial charge in [0.05, 0.1) is 16.9 Å². The predicted octanol–water partition coefficient (Wildman–Crippen LogP) is 5.27. The molecule has 4 heteroatoms. The zero-order chi connectivity index (χ0) is 14.9. The summed E-state index contributed by atoms with van der Waals surface area (Å²) in [7, 11) is 0. The Morgan fingerprint density at radius 3 is 2.70 bits per heavy atom. The third-order valence-electron chi connectivity index (χ3n) is 4.80. The molecular weight excluding hydrogens is 291 g/mol. The number of hydrogen-bond donors (Lipinski definition) is 0. The van der Waals surface area contributed by atoms with Gasteiger partial charge in [0.25, 0.3) is 0 Å². The van der Waals surface area contributed by atoms with Crippen LogP contribution in [0.4, 0.5) is 0 Å². The molecule has 0 N–H and O–H groups in total. The van der Waals surface area contributed by atoms with E-state index < -0.39 is 0 Å². The Morgan fingerprint density at radius 1 is 1.40 bits per heavy atom.